The molecule has 6 nitrogen and oxygen atoms in total. The second-order valence-electron chi connectivity index (χ2n) is 6.12. The molecular formula is C17H23N3O3. The second-order valence-corrected chi connectivity index (χ2v) is 6.12. The number of carbonyl (C=O) groups is 1. The van der Waals surface area contributed by atoms with Gasteiger partial charge in [-0.2, -0.15) is 5.10 Å². The van der Waals surface area contributed by atoms with Gasteiger partial charge in [0.1, 0.15) is 0 Å². The van der Waals surface area contributed by atoms with E-state index in [9.17, 15) is 4.79 Å². The predicted molar refractivity (Wildman–Crippen MR) is 85.3 cm³/mol. The van der Waals surface area contributed by atoms with Crippen LogP contribution in [-0.2, 0) is 11.8 Å². The van der Waals surface area contributed by atoms with Crippen molar-refractivity contribution >= 4 is 5.91 Å². The monoisotopic (exact) mass is 317 g/mol. The van der Waals surface area contributed by atoms with Gasteiger partial charge >= 0.3 is 0 Å². The summed E-state index contributed by atoms with van der Waals surface area (Å²) in [6.45, 7) is 6.56. The molecule has 0 aliphatic carbocycles. The number of aryl methyl sites for hydroxylation is 2. The number of nitrogens with zero attached hydrogens (tertiary/aromatic N) is 3. The van der Waals surface area contributed by atoms with Crippen molar-refractivity contribution in [3.05, 3.63) is 41.6 Å². The van der Waals surface area contributed by atoms with Crippen molar-refractivity contribution in [1.82, 2.24) is 14.7 Å². The number of ether oxygens (including phenoxy) is 1. The SMILES string of the molecule is CCOC[C@@H]1CN(C(=O)c2occc2C)C[C@H]1c1cnn(C)c1. The molecule has 6 heteroatoms. The van der Waals surface area contributed by atoms with E-state index in [0.29, 0.717) is 32.1 Å². The van der Waals surface area contributed by atoms with E-state index in [0.717, 1.165) is 11.1 Å². The first-order valence-corrected chi connectivity index (χ1v) is 7.99. The van der Waals surface area contributed by atoms with Gasteiger partial charge in [-0.25, -0.2) is 0 Å². The van der Waals surface area contributed by atoms with E-state index in [1.807, 2.05) is 44.3 Å². The van der Waals surface area contributed by atoms with Crippen LogP contribution in [0, 0.1) is 12.8 Å². The summed E-state index contributed by atoms with van der Waals surface area (Å²) >= 11 is 0. The van der Waals surface area contributed by atoms with Gasteiger partial charge in [-0.1, -0.05) is 0 Å². The van der Waals surface area contributed by atoms with Crippen LogP contribution in [0.3, 0.4) is 0 Å². The fourth-order valence-corrected chi connectivity index (χ4v) is 3.22. The highest BCUT2D eigenvalue weighted by Crippen LogP contribution is 2.33. The van der Waals surface area contributed by atoms with Crippen LogP contribution < -0.4 is 0 Å². The van der Waals surface area contributed by atoms with Crippen molar-refractivity contribution in [3.63, 3.8) is 0 Å². The lowest BCUT2D eigenvalue weighted by Crippen LogP contribution is -2.29. The normalized spacial score (nSPS) is 21.1. The first-order chi connectivity index (χ1) is 11.1. The molecule has 124 valence electrons. The van der Waals surface area contributed by atoms with Crippen LogP contribution in [0.4, 0.5) is 0 Å². The molecule has 0 N–H and O–H groups in total. The topological polar surface area (TPSA) is 60.5 Å². The average molecular weight is 317 g/mol. The van der Waals surface area contributed by atoms with E-state index in [-0.39, 0.29) is 17.7 Å². The molecule has 0 unspecified atom stereocenters. The standard InChI is InChI=1S/C17H23N3O3/c1-4-22-11-14-9-20(17(21)16-12(2)5-6-23-16)10-15(14)13-7-18-19(3)8-13/h5-8,14-15H,4,9-11H2,1-3H3/t14-,15-/m0/s1. The third-order valence-electron chi connectivity index (χ3n) is 4.47. The molecule has 23 heavy (non-hydrogen) atoms. The fraction of sp³-hybridized carbons (Fsp3) is 0.529. The molecule has 0 aromatic carbocycles. The van der Waals surface area contributed by atoms with E-state index in [2.05, 4.69) is 5.10 Å². The lowest BCUT2D eigenvalue weighted by atomic mass is 9.92. The Bertz CT molecular complexity index is 676. The summed E-state index contributed by atoms with van der Waals surface area (Å²) in [4.78, 5) is 14.6. The number of rotatable bonds is 5. The minimum Gasteiger partial charge on any atom is -0.459 e. The molecule has 3 rings (SSSR count). The average Bonchev–Trinajstić information content (AvgIpc) is 3.24. The zero-order valence-electron chi connectivity index (χ0n) is 13.9. The van der Waals surface area contributed by atoms with Crippen LogP contribution in [-0.4, -0.2) is 46.9 Å². The van der Waals surface area contributed by atoms with Crippen molar-refractivity contribution in [2.45, 2.75) is 19.8 Å². The Morgan fingerprint density at radius 2 is 2.30 bits per heavy atom. The zero-order chi connectivity index (χ0) is 16.4. The van der Waals surface area contributed by atoms with Crippen molar-refractivity contribution in [2.75, 3.05) is 26.3 Å². The minimum absolute atomic E-state index is 0.0413. The number of likely N-dealkylation sites (tertiary alicyclic amines) is 1. The van der Waals surface area contributed by atoms with Gasteiger partial charge in [-0.3, -0.25) is 9.48 Å². The molecule has 1 saturated heterocycles. The first-order valence-electron chi connectivity index (χ1n) is 7.99. The van der Waals surface area contributed by atoms with E-state index >= 15 is 0 Å². The van der Waals surface area contributed by atoms with Gasteiger partial charge in [0.15, 0.2) is 5.76 Å². The third-order valence-corrected chi connectivity index (χ3v) is 4.47. The molecule has 3 heterocycles. The molecule has 0 spiro atoms. The molecule has 2 atom stereocenters. The number of hydrogen-bond donors (Lipinski definition) is 0. The van der Waals surface area contributed by atoms with E-state index < -0.39 is 0 Å². The number of amides is 1. The summed E-state index contributed by atoms with van der Waals surface area (Å²) in [6.07, 6.45) is 5.47. The number of hydrogen-bond acceptors (Lipinski definition) is 4. The Labute approximate surface area is 136 Å². The third kappa shape index (κ3) is 3.17. The van der Waals surface area contributed by atoms with Gasteiger partial charge in [0.25, 0.3) is 5.91 Å². The van der Waals surface area contributed by atoms with Crippen molar-refractivity contribution in [1.29, 1.82) is 0 Å². The Kier molecular flexibility index (Phi) is 4.52. The second kappa shape index (κ2) is 6.58. The first kappa shape index (κ1) is 15.8. The Morgan fingerprint density at radius 3 is 2.91 bits per heavy atom. The van der Waals surface area contributed by atoms with E-state index in [1.165, 1.54) is 0 Å². The highest BCUT2D eigenvalue weighted by atomic mass is 16.5. The minimum atomic E-state index is -0.0413. The van der Waals surface area contributed by atoms with Crippen LogP contribution in [0.5, 0.6) is 0 Å². The number of aromatic nitrogens is 2. The van der Waals surface area contributed by atoms with Crippen molar-refractivity contribution in [3.8, 4) is 0 Å². The van der Waals surface area contributed by atoms with Crippen LogP contribution in [0.2, 0.25) is 0 Å². The predicted octanol–water partition coefficient (Wildman–Crippen LogP) is 2.21. The van der Waals surface area contributed by atoms with Gasteiger partial charge in [-0.15, -0.1) is 0 Å². The Hall–Kier alpha value is -2.08. The molecule has 1 fully saturated rings. The molecule has 1 amide bonds. The molecule has 0 radical (unpaired) electrons. The number of carbonyl (C=O) groups excluding carboxylic acids is 1. The smallest absolute Gasteiger partial charge is 0.289 e. The van der Waals surface area contributed by atoms with Gasteiger partial charge < -0.3 is 14.1 Å². The summed E-state index contributed by atoms with van der Waals surface area (Å²) in [5.74, 6) is 0.917. The summed E-state index contributed by atoms with van der Waals surface area (Å²) < 4.78 is 12.8. The van der Waals surface area contributed by atoms with Gasteiger partial charge in [0.2, 0.25) is 0 Å². The lowest BCUT2D eigenvalue weighted by Gasteiger charge is -2.16. The molecule has 0 saturated carbocycles. The quantitative estimate of drug-likeness (QED) is 0.848. The molecule has 0 bridgehead atoms. The van der Waals surface area contributed by atoms with Gasteiger partial charge in [0.05, 0.1) is 19.1 Å². The van der Waals surface area contributed by atoms with Gasteiger partial charge in [-0.05, 0) is 25.5 Å². The molecular weight excluding hydrogens is 294 g/mol. The van der Waals surface area contributed by atoms with Crippen LogP contribution in [0.25, 0.3) is 0 Å². The maximum atomic E-state index is 12.7. The molecule has 1 aliphatic heterocycles. The molecule has 1 aliphatic rings. The summed E-state index contributed by atoms with van der Waals surface area (Å²) in [7, 11) is 1.91. The van der Waals surface area contributed by atoms with Crippen LogP contribution >= 0.6 is 0 Å². The van der Waals surface area contributed by atoms with E-state index in [1.54, 1.807) is 10.9 Å². The van der Waals surface area contributed by atoms with Crippen LogP contribution in [0.15, 0.2) is 29.1 Å². The lowest BCUT2D eigenvalue weighted by molar-refractivity contribution is 0.0731. The summed E-state index contributed by atoms with van der Waals surface area (Å²) in [5, 5.41) is 4.26. The molecule has 2 aromatic heterocycles. The number of furan rings is 1. The summed E-state index contributed by atoms with van der Waals surface area (Å²) in [6, 6.07) is 1.82. The van der Waals surface area contributed by atoms with Crippen molar-refractivity contribution in [2.24, 2.45) is 13.0 Å². The molecule has 2 aromatic rings. The fourth-order valence-electron chi connectivity index (χ4n) is 3.22. The highest BCUT2D eigenvalue weighted by molar-refractivity contribution is 5.93. The van der Waals surface area contributed by atoms with Crippen molar-refractivity contribution < 1.29 is 13.9 Å². The maximum Gasteiger partial charge on any atom is 0.289 e. The van der Waals surface area contributed by atoms with E-state index in [4.69, 9.17) is 9.15 Å². The van der Waals surface area contributed by atoms with Crippen LogP contribution in [0.1, 0.15) is 34.5 Å². The summed E-state index contributed by atoms with van der Waals surface area (Å²) in [5.41, 5.74) is 2.03. The Morgan fingerprint density at radius 1 is 1.48 bits per heavy atom. The van der Waals surface area contributed by atoms with Gasteiger partial charge in [0, 0.05) is 50.3 Å². The zero-order valence-corrected chi connectivity index (χ0v) is 13.9. The highest BCUT2D eigenvalue weighted by Gasteiger charge is 2.38. The largest absolute Gasteiger partial charge is 0.459 e. The Balaban J connectivity index is 1.79. The maximum absolute atomic E-state index is 12.7.